The number of carboxylic acid groups (broad SMARTS) is 1. The third kappa shape index (κ3) is 19.7. The van der Waals surface area contributed by atoms with Gasteiger partial charge in [-0.05, 0) is 88.0 Å². The van der Waals surface area contributed by atoms with Crippen molar-refractivity contribution in [1.82, 2.24) is 56.6 Å². The summed E-state index contributed by atoms with van der Waals surface area (Å²) in [7, 11) is 0. The Kier molecular flexibility index (Phi) is 26.3. The number of amides is 9. The van der Waals surface area contributed by atoms with E-state index in [0.717, 1.165) is 12.8 Å². The number of carboxylic acids is 1. The molecule has 0 unspecified atom stereocenters. The Morgan fingerprint density at radius 3 is 1.69 bits per heavy atom. The lowest BCUT2D eigenvalue weighted by Crippen LogP contribution is -2.61. The molecule has 0 radical (unpaired) electrons. The van der Waals surface area contributed by atoms with Crippen LogP contribution in [0.5, 0.6) is 0 Å². The summed E-state index contributed by atoms with van der Waals surface area (Å²) in [5.74, 6) is -7.88. The molecule has 3 aliphatic rings. The fraction of sp³-hybridized carbons (Fsp3) is 0.649. The number of imidazole rings is 1. The number of rotatable bonds is 32. The van der Waals surface area contributed by atoms with Crippen LogP contribution in [-0.2, 0) is 60.8 Å². The number of carbonyl (C=O) groups excluding carboxylic acids is 9. The number of nitrogens with two attached hydrogens (primary N) is 3. The summed E-state index contributed by atoms with van der Waals surface area (Å²) in [6.07, 6.45) is 7.27. The van der Waals surface area contributed by atoms with E-state index in [1.54, 1.807) is 30.3 Å². The maximum atomic E-state index is 14.7. The summed E-state index contributed by atoms with van der Waals surface area (Å²) in [6.45, 7) is 9.04. The van der Waals surface area contributed by atoms with Crippen molar-refractivity contribution in [2.24, 2.45) is 34.0 Å². The molecule has 84 heavy (non-hydrogen) atoms. The van der Waals surface area contributed by atoms with Crippen molar-refractivity contribution in [3.63, 3.8) is 0 Å². The van der Waals surface area contributed by atoms with Gasteiger partial charge in [0.2, 0.25) is 53.2 Å². The molecule has 1 aromatic carbocycles. The Morgan fingerprint density at radius 1 is 0.631 bits per heavy atom. The Labute approximate surface area is 490 Å². The van der Waals surface area contributed by atoms with Gasteiger partial charge in [0.05, 0.1) is 19.0 Å². The SMILES string of the molecule is CCCC[C@H](N)C(=O)N1CCC[C@H]1C(=O)N[C@@H](CC(C)C)C(=O)N[C@@H](Cc1cnc[nH]1)C(=O)N[C@@H](CO)C(=O)N[C@@H](CCCN=C(N)N)C(=O)N[C@@H](CC(C)C)C(=O)N1CCC[C@H]1C(=O)N[C@@H](Cc1ccccc1)C(=O)N1CCC[C@H]1C(=O)O. The van der Waals surface area contributed by atoms with E-state index >= 15 is 0 Å². The van der Waals surface area contributed by atoms with Crippen molar-refractivity contribution in [3.05, 3.63) is 54.1 Å². The topological polar surface area (TPSA) is 412 Å². The Bertz CT molecular complexity index is 2580. The average Bonchev–Trinajstić information content (AvgIpc) is 4.07. The van der Waals surface area contributed by atoms with Gasteiger partial charge in [0, 0.05) is 50.9 Å². The molecular formula is C57H89N15O12. The predicted molar refractivity (Wildman–Crippen MR) is 309 cm³/mol. The van der Waals surface area contributed by atoms with Crippen LogP contribution in [0.2, 0.25) is 0 Å². The molecule has 0 spiro atoms. The van der Waals surface area contributed by atoms with Crippen LogP contribution < -0.4 is 49.1 Å². The molecule has 0 bridgehead atoms. The van der Waals surface area contributed by atoms with Crippen molar-refractivity contribution in [1.29, 1.82) is 0 Å². The van der Waals surface area contributed by atoms with E-state index in [9.17, 15) is 58.2 Å². The summed E-state index contributed by atoms with van der Waals surface area (Å²) in [5, 5.41) is 36.7. The number of hydrogen-bond acceptors (Lipinski definition) is 14. The second-order valence-electron chi connectivity index (χ2n) is 22.9. The number of carbonyl (C=O) groups is 10. The van der Waals surface area contributed by atoms with Gasteiger partial charge in [-0.2, -0.15) is 0 Å². The van der Waals surface area contributed by atoms with Gasteiger partial charge in [0.15, 0.2) is 5.96 Å². The fourth-order valence-electron chi connectivity index (χ4n) is 10.9. The zero-order valence-corrected chi connectivity index (χ0v) is 49.1. The first-order chi connectivity index (χ1) is 40.0. The third-order valence-electron chi connectivity index (χ3n) is 15.2. The van der Waals surface area contributed by atoms with Crippen LogP contribution in [0.15, 0.2) is 47.8 Å². The predicted octanol–water partition coefficient (Wildman–Crippen LogP) is -1.18. The molecule has 0 saturated carbocycles. The summed E-state index contributed by atoms with van der Waals surface area (Å²) in [4.78, 5) is 154. The van der Waals surface area contributed by atoms with E-state index in [1.165, 1.54) is 27.2 Å². The van der Waals surface area contributed by atoms with E-state index < -0.39 is 120 Å². The van der Waals surface area contributed by atoms with Gasteiger partial charge in [-0.25, -0.2) is 9.78 Å². The first-order valence-corrected chi connectivity index (χ1v) is 29.4. The number of hydrogen-bond donors (Lipinski definition) is 12. The highest BCUT2D eigenvalue weighted by atomic mass is 16.4. The van der Waals surface area contributed by atoms with E-state index in [2.05, 4.69) is 46.9 Å². The average molecular weight is 1180 g/mol. The smallest absolute Gasteiger partial charge is 0.326 e. The number of H-pyrrole nitrogens is 1. The lowest BCUT2D eigenvalue weighted by Gasteiger charge is -2.32. The zero-order valence-electron chi connectivity index (χ0n) is 49.1. The van der Waals surface area contributed by atoms with E-state index in [0.29, 0.717) is 49.9 Å². The van der Waals surface area contributed by atoms with Gasteiger partial charge < -0.3 is 79.0 Å². The number of unbranched alkanes of at least 4 members (excludes halogenated alkanes) is 1. The van der Waals surface area contributed by atoms with Crippen LogP contribution in [-0.4, -0.2) is 193 Å². The molecule has 2 aromatic rings. The van der Waals surface area contributed by atoms with Crippen molar-refractivity contribution >= 4 is 65.1 Å². The number of aliphatic hydroxyl groups excluding tert-OH is 1. The third-order valence-corrected chi connectivity index (χ3v) is 15.2. The molecule has 10 atom stereocenters. The lowest BCUT2D eigenvalue weighted by molar-refractivity contribution is -0.149. The molecule has 9 amide bonds. The minimum absolute atomic E-state index is 0.0288. The van der Waals surface area contributed by atoms with Crippen molar-refractivity contribution in [2.75, 3.05) is 32.8 Å². The lowest BCUT2D eigenvalue weighted by atomic mass is 10.0. The number of aromatic nitrogens is 2. The quantitative estimate of drug-likeness (QED) is 0.0233. The van der Waals surface area contributed by atoms with Gasteiger partial charge in [-0.3, -0.25) is 48.1 Å². The van der Waals surface area contributed by atoms with Crippen molar-refractivity contribution in [3.8, 4) is 0 Å². The number of aliphatic hydroxyl groups is 1. The molecule has 3 saturated heterocycles. The molecule has 1 aromatic heterocycles. The normalized spacial score (nSPS) is 19.3. The van der Waals surface area contributed by atoms with Crippen molar-refractivity contribution in [2.45, 2.75) is 191 Å². The molecule has 3 fully saturated rings. The summed E-state index contributed by atoms with van der Waals surface area (Å²) in [6, 6.07) is -2.93. The Balaban J connectivity index is 1.32. The monoisotopic (exact) mass is 1180 g/mol. The first-order valence-electron chi connectivity index (χ1n) is 29.4. The standard InChI is InChI=1S/C57H89N15O12/c1-6-7-17-37(58)53(80)70-23-12-19-44(70)51(78)66-39(26-33(2)3)48(75)65-40(29-36-30-61-32-63-36)49(76)69-43(31-73)50(77)64-38(18-11-22-62-57(59)60)47(74)67-41(27-34(4)5)54(81)71-24-13-20-45(71)52(79)68-42(28-35-15-9-8-10-16-35)55(82)72-25-14-21-46(72)56(83)84/h8-10,15-16,30,32-34,37-46,73H,6-7,11-14,17-29,31,58H2,1-5H3,(H,61,63)(H,64,77)(H,65,75)(H,66,78)(H,67,74)(H,68,79)(H,69,76)(H,83,84)(H4,59,60,62)/t37-,38-,39-,40-,41-,42-,43-,44-,45-,46-/m0/s1. The van der Waals surface area contributed by atoms with Crippen LogP contribution in [0.4, 0.5) is 0 Å². The van der Waals surface area contributed by atoms with Crippen molar-refractivity contribution < 1.29 is 58.2 Å². The van der Waals surface area contributed by atoms with Gasteiger partial charge in [-0.15, -0.1) is 0 Å². The molecule has 4 heterocycles. The maximum absolute atomic E-state index is 14.7. The zero-order chi connectivity index (χ0) is 61.6. The molecule has 464 valence electrons. The van der Waals surface area contributed by atoms with Crippen LogP contribution in [0.3, 0.4) is 0 Å². The summed E-state index contributed by atoms with van der Waals surface area (Å²) >= 11 is 0. The van der Waals surface area contributed by atoms with E-state index in [1.807, 2.05) is 34.6 Å². The highest BCUT2D eigenvalue weighted by molar-refractivity contribution is 5.99. The fourth-order valence-corrected chi connectivity index (χ4v) is 10.9. The molecular weight excluding hydrogens is 1090 g/mol. The number of aliphatic imine (C=N–C) groups is 1. The van der Waals surface area contributed by atoms with E-state index in [4.69, 9.17) is 17.2 Å². The van der Waals surface area contributed by atoms with Crippen LogP contribution in [0.25, 0.3) is 0 Å². The first kappa shape index (κ1) is 67.1. The molecule has 0 aliphatic carbocycles. The van der Waals surface area contributed by atoms with Crippen LogP contribution in [0, 0.1) is 11.8 Å². The minimum atomic E-state index is -1.71. The van der Waals surface area contributed by atoms with Crippen LogP contribution >= 0.6 is 0 Å². The van der Waals surface area contributed by atoms with Gasteiger partial charge in [0.1, 0.15) is 54.4 Å². The number of aliphatic carboxylic acids is 1. The summed E-state index contributed by atoms with van der Waals surface area (Å²) in [5.41, 5.74) is 18.5. The number of nitrogens with zero attached hydrogens (tertiary/aromatic N) is 5. The van der Waals surface area contributed by atoms with Gasteiger partial charge in [0.25, 0.3) is 0 Å². The van der Waals surface area contributed by atoms with Crippen LogP contribution in [0.1, 0.15) is 129 Å². The molecule has 27 heteroatoms. The van der Waals surface area contributed by atoms with Gasteiger partial charge in [-0.1, -0.05) is 77.8 Å². The number of guanidine groups is 1. The summed E-state index contributed by atoms with van der Waals surface area (Å²) < 4.78 is 0. The maximum Gasteiger partial charge on any atom is 0.326 e. The molecule has 27 nitrogen and oxygen atoms in total. The number of aromatic amines is 1. The molecule has 3 aliphatic heterocycles. The number of nitrogens with one attached hydrogen (secondary N) is 7. The number of benzene rings is 1. The second kappa shape index (κ2) is 33.0. The van der Waals surface area contributed by atoms with E-state index in [-0.39, 0.29) is 94.7 Å². The largest absolute Gasteiger partial charge is 0.480 e. The Hall–Kier alpha value is -7.68. The minimum Gasteiger partial charge on any atom is -0.480 e. The Morgan fingerprint density at radius 2 is 1.13 bits per heavy atom. The highest BCUT2D eigenvalue weighted by Crippen LogP contribution is 2.24. The number of likely N-dealkylation sites (tertiary alicyclic amines) is 3. The second-order valence-corrected chi connectivity index (χ2v) is 22.9. The highest BCUT2D eigenvalue weighted by Gasteiger charge is 2.43. The molecule has 15 N–H and O–H groups in total. The van der Waals surface area contributed by atoms with Gasteiger partial charge >= 0.3 is 5.97 Å². The molecule has 5 rings (SSSR count).